The number of hydrogen-bond donors (Lipinski definition) is 2. The van der Waals surface area contributed by atoms with Gasteiger partial charge in [0.1, 0.15) is 0 Å². The summed E-state index contributed by atoms with van der Waals surface area (Å²) in [6.07, 6.45) is 1.90. The molecule has 0 bridgehead atoms. The Bertz CT molecular complexity index is 567. The van der Waals surface area contributed by atoms with Gasteiger partial charge in [-0.05, 0) is 24.5 Å². The van der Waals surface area contributed by atoms with Crippen molar-refractivity contribution < 1.29 is 0 Å². The van der Waals surface area contributed by atoms with E-state index < -0.39 is 0 Å². The molecule has 0 amide bonds. The first-order valence-corrected chi connectivity index (χ1v) is 5.21. The topological polar surface area (TPSA) is 63.8 Å². The van der Waals surface area contributed by atoms with Crippen LogP contribution in [0.5, 0.6) is 0 Å². The highest BCUT2D eigenvalue weighted by molar-refractivity contribution is 5.79. The predicted molar refractivity (Wildman–Crippen MR) is 58.9 cm³/mol. The third kappa shape index (κ3) is 1.22. The van der Waals surface area contributed by atoms with Crippen molar-refractivity contribution in [2.75, 3.05) is 0 Å². The van der Waals surface area contributed by atoms with Crippen LogP contribution in [0.15, 0.2) is 23.0 Å². The van der Waals surface area contributed by atoms with Gasteiger partial charge in [0, 0.05) is 12.6 Å². The molecular weight excluding hydrogens is 190 g/mol. The summed E-state index contributed by atoms with van der Waals surface area (Å²) in [5.41, 5.74) is 9.08. The number of imidazole rings is 1. The van der Waals surface area contributed by atoms with Crippen LogP contribution in [-0.4, -0.2) is 15.6 Å². The monoisotopic (exact) mass is 203 g/mol. The van der Waals surface area contributed by atoms with E-state index in [1.807, 2.05) is 12.1 Å². The first-order valence-electron chi connectivity index (χ1n) is 5.21. The van der Waals surface area contributed by atoms with E-state index in [2.05, 4.69) is 11.1 Å². The zero-order chi connectivity index (χ0) is 10.4. The van der Waals surface area contributed by atoms with Crippen LogP contribution in [0.25, 0.3) is 11.0 Å². The number of nitrogens with two attached hydrogens (primary N) is 1. The van der Waals surface area contributed by atoms with E-state index >= 15 is 0 Å². The zero-order valence-corrected chi connectivity index (χ0v) is 8.36. The van der Waals surface area contributed by atoms with Crippen molar-refractivity contribution in [3.05, 3.63) is 34.2 Å². The van der Waals surface area contributed by atoms with Gasteiger partial charge in [0.05, 0.1) is 11.0 Å². The molecule has 15 heavy (non-hydrogen) atoms. The molecule has 1 aliphatic heterocycles. The molecule has 0 saturated carbocycles. The second kappa shape index (κ2) is 2.97. The molecule has 4 nitrogen and oxygen atoms in total. The largest absolute Gasteiger partial charge is 0.326 e. The van der Waals surface area contributed by atoms with Crippen LogP contribution in [0.1, 0.15) is 12.0 Å². The van der Waals surface area contributed by atoms with Gasteiger partial charge in [0.2, 0.25) is 0 Å². The third-order valence-electron chi connectivity index (χ3n) is 3.08. The Kier molecular flexibility index (Phi) is 1.73. The van der Waals surface area contributed by atoms with Gasteiger partial charge in [-0.15, -0.1) is 0 Å². The lowest BCUT2D eigenvalue weighted by atomic mass is 10.1. The van der Waals surface area contributed by atoms with Crippen LogP contribution in [0, 0.1) is 0 Å². The summed E-state index contributed by atoms with van der Waals surface area (Å²) in [6.45, 7) is 0.621. The molecule has 0 fully saturated rings. The van der Waals surface area contributed by atoms with Crippen LogP contribution in [0.3, 0.4) is 0 Å². The maximum atomic E-state index is 11.7. The summed E-state index contributed by atoms with van der Waals surface area (Å²) in [4.78, 5) is 14.6. The standard InChI is InChI=1S/C11H13N3O/c12-8-5-4-7-2-1-3-9-10(7)14(6-8)11(15)13-9/h1-3,8H,4-6,12H2,(H,13,15). The minimum Gasteiger partial charge on any atom is -0.326 e. The molecule has 2 heterocycles. The molecular formula is C11H13N3O. The van der Waals surface area contributed by atoms with Crippen LogP contribution in [0.4, 0.5) is 0 Å². The lowest BCUT2D eigenvalue weighted by Gasteiger charge is -2.06. The molecule has 1 aliphatic rings. The van der Waals surface area contributed by atoms with E-state index in [0.717, 1.165) is 23.9 Å². The Hall–Kier alpha value is -1.55. The van der Waals surface area contributed by atoms with Gasteiger partial charge < -0.3 is 10.7 Å². The molecule has 2 aromatic rings. The molecule has 1 atom stereocenters. The SMILES string of the molecule is NC1CCc2cccc3[nH]c(=O)n(c23)C1. The van der Waals surface area contributed by atoms with Crippen molar-refractivity contribution in [1.82, 2.24) is 9.55 Å². The summed E-state index contributed by atoms with van der Waals surface area (Å²) in [5, 5.41) is 0. The fourth-order valence-corrected chi connectivity index (χ4v) is 2.34. The number of aromatic nitrogens is 2. The van der Waals surface area contributed by atoms with Gasteiger partial charge in [0.25, 0.3) is 0 Å². The first-order chi connectivity index (χ1) is 7.25. The quantitative estimate of drug-likeness (QED) is 0.658. The molecule has 0 spiro atoms. The summed E-state index contributed by atoms with van der Waals surface area (Å²) in [7, 11) is 0. The molecule has 0 saturated heterocycles. The van der Waals surface area contributed by atoms with Gasteiger partial charge in [-0.2, -0.15) is 0 Å². The van der Waals surface area contributed by atoms with Gasteiger partial charge in [0.15, 0.2) is 0 Å². The highest BCUT2D eigenvalue weighted by atomic mass is 16.1. The molecule has 1 unspecified atom stereocenters. The summed E-state index contributed by atoms with van der Waals surface area (Å²) < 4.78 is 1.77. The maximum Gasteiger partial charge on any atom is 0.326 e. The van der Waals surface area contributed by atoms with Gasteiger partial charge in [-0.3, -0.25) is 4.57 Å². The van der Waals surface area contributed by atoms with Crippen molar-refractivity contribution in [3.8, 4) is 0 Å². The Morgan fingerprint density at radius 3 is 3.20 bits per heavy atom. The zero-order valence-electron chi connectivity index (χ0n) is 8.36. The fraction of sp³-hybridized carbons (Fsp3) is 0.364. The Labute approximate surface area is 86.7 Å². The molecule has 0 aliphatic carbocycles. The van der Waals surface area contributed by atoms with Crippen molar-refractivity contribution in [3.63, 3.8) is 0 Å². The number of rotatable bonds is 0. The van der Waals surface area contributed by atoms with Crippen LogP contribution in [-0.2, 0) is 13.0 Å². The Morgan fingerprint density at radius 1 is 1.47 bits per heavy atom. The molecule has 0 radical (unpaired) electrons. The van der Waals surface area contributed by atoms with E-state index in [1.165, 1.54) is 5.56 Å². The van der Waals surface area contributed by atoms with Crippen LogP contribution >= 0.6 is 0 Å². The third-order valence-corrected chi connectivity index (χ3v) is 3.08. The number of benzene rings is 1. The number of H-pyrrole nitrogens is 1. The van der Waals surface area contributed by atoms with Gasteiger partial charge in [-0.1, -0.05) is 12.1 Å². The fourth-order valence-electron chi connectivity index (χ4n) is 2.34. The van der Waals surface area contributed by atoms with Crippen molar-refractivity contribution in [2.45, 2.75) is 25.4 Å². The van der Waals surface area contributed by atoms with E-state index in [9.17, 15) is 4.79 Å². The van der Waals surface area contributed by atoms with Crippen molar-refractivity contribution in [2.24, 2.45) is 5.73 Å². The summed E-state index contributed by atoms with van der Waals surface area (Å²) in [5.74, 6) is 0. The summed E-state index contributed by atoms with van der Waals surface area (Å²) >= 11 is 0. The van der Waals surface area contributed by atoms with Crippen LogP contribution < -0.4 is 11.4 Å². The number of hydrogen-bond acceptors (Lipinski definition) is 2. The Morgan fingerprint density at radius 2 is 2.33 bits per heavy atom. The molecule has 78 valence electrons. The molecule has 4 heteroatoms. The second-order valence-corrected chi connectivity index (χ2v) is 4.15. The number of nitrogens with one attached hydrogen (secondary N) is 1. The highest BCUT2D eigenvalue weighted by Crippen LogP contribution is 2.21. The van der Waals surface area contributed by atoms with E-state index in [-0.39, 0.29) is 11.7 Å². The number of aryl methyl sites for hydroxylation is 1. The second-order valence-electron chi connectivity index (χ2n) is 4.15. The first kappa shape index (κ1) is 8.73. The van der Waals surface area contributed by atoms with Gasteiger partial charge >= 0.3 is 5.69 Å². The minimum absolute atomic E-state index is 0.0465. The average Bonchev–Trinajstić information content (AvgIpc) is 2.44. The normalized spacial score (nSPS) is 20.5. The minimum atomic E-state index is -0.0465. The maximum absolute atomic E-state index is 11.7. The van der Waals surface area contributed by atoms with Crippen LogP contribution in [0.2, 0.25) is 0 Å². The molecule has 1 aromatic carbocycles. The van der Waals surface area contributed by atoms with E-state index in [1.54, 1.807) is 4.57 Å². The number of para-hydroxylation sites is 1. The van der Waals surface area contributed by atoms with Crippen molar-refractivity contribution >= 4 is 11.0 Å². The molecule has 3 N–H and O–H groups in total. The smallest absolute Gasteiger partial charge is 0.326 e. The average molecular weight is 203 g/mol. The summed E-state index contributed by atoms with van der Waals surface area (Å²) in [6, 6.07) is 6.07. The lowest BCUT2D eigenvalue weighted by Crippen LogP contribution is -2.29. The molecule has 1 aromatic heterocycles. The lowest BCUT2D eigenvalue weighted by molar-refractivity contribution is 0.533. The molecule has 3 rings (SSSR count). The van der Waals surface area contributed by atoms with Gasteiger partial charge in [-0.25, -0.2) is 4.79 Å². The predicted octanol–water partition coefficient (Wildman–Crippen LogP) is 0.603. The van der Waals surface area contributed by atoms with E-state index in [0.29, 0.717) is 6.54 Å². The van der Waals surface area contributed by atoms with Crippen molar-refractivity contribution in [1.29, 1.82) is 0 Å². The van der Waals surface area contributed by atoms with E-state index in [4.69, 9.17) is 5.73 Å². The highest BCUT2D eigenvalue weighted by Gasteiger charge is 2.17. The Balaban J connectivity index is 2.40. The number of aromatic amines is 1. The number of nitrogens with zero attached hydrogens (tertiary/aromatic N) is 1.